The number of alkyl halides is 3. The van der Waals surface area contributed by atoms with Crippen LogP contribution in [0, 0.1) is 17.2 Å². The zero-order chi connectivity index (χ0) is 11.0. The third-order valence-electron chi connectivity index (χ3n) is 1.94. The number of hydrogen-bond acceptors (Lipinski definition) is 3. The van der Waals surface area contributed by atoms with Gasteiger partial charge in [-0.15, -0.1) is 0 Å². The van der Waals surface area contributed by atoms with Gasteiger partial charge in [-0.25, -0.2) is 8.42 Å². The fourth-order valence-electron chi connectivity index (χ4n) is 1.12. The summed E-state index contributed by atoms with van der Waals surface area (Å²) in [4.78, 5) is 0. The highest BCUT2D eigenvalue weighted by Gasteiger charge is 2.53. The molecule has 0 atom stereocenters. The van der Waals surface area contributed by atoms with Gasteiger partial charge in [0.05, 0.1) is 6.07 Å². The summed E-state index contributed by atoms with van der Waals surface area (Å²) >= 11 is 0. The van der Waals surface area contributed by atoms with Crippen molar-refractivity contribution in [3.05, 3.63) is 0 Å². The van der Waals surface area contributed by atoms with E-state index in [4.69, 9.17) is 5.26 Å². The quantitative estimate of drug-likeness (QED) is 0.698. The van der Waals surface area contributed by atoms with Crippen LogP contribution in [0.2, 0.25) is 0 Å². The predicted molar refractivity (Wildman–Crippen MR) is 40.3 cm³/mol. The average Bonchev–Trinajstić information content (AvgIpc) is 1.92. The SMILES string of the molecule is N#CCC1CN(S(=O)(=O)C(F)(F)F)C1. The molecule has 1 aliphatic heterocycles. The van der Waals surface area contributed by atoms with E-state index in [1.54, 1.807) is 6.07 Å². The van der Waals surface area contributed by atoms with Gasteiger partial charge < -0.3 is 0 Å². The predicted octanol–water partition coefficient (Wildman–Crippen LogP) is 0.681. The Hall–Kier alpha value is -0.810. The summed E-state index contributed by atoms with van der Waals surface area (Å²) in [6.07, 6.45) is 0.0872. The van der Waals surface area contributed by atoms with Crippen LogP contribution in [-0.2, 0) is 10.0 Å². The molecule has 0 aromatic rings. The van der Waals surface area contributed by atoms with Crippen LogP contribution in [-0.4, -0.2) is 31.3 Å². The Morgan fingerprint density at radius 2 is 1.93 bits per heavy atom. The molecule has 8 heteroatoms. The molecule has 0 bridgehead atoms. The minimum absolute atomic E-state index is 0.0872. The largest absolute Gasteiger partial charge is 0.511 e. The number of nitrogens with zero attached hydrogens (tertiary/aromatic N) is 2. The number of halogens is 3. The Bertz CT molecular complexity index is 350. The van der Waals surface area contributed by atoms with Gasteiger partial charge in [-0.05, 0) is 5.92 Å². The van der Waals surface area contributed by atoms with Crippen LogP contribution in [0.1, 0.15) is 6.42 Å². The molecule has 0 aromatic carbocycles. The Balaban J connectivity index is 2.61. The third kappa shape index (κ3) is 1.83. The average molecular weight is 228 g/mol. The maximum absolute atomic E-state index is 11.9. The van der Waals surface area contributed by atoms with Crippen molar-refractivity contribution < 1.29 is 21.6 Å². The van der Waals surface area contributed by atoms with Gasteiger partial charge in [0.1, 0.15) is 0 Å². The van der Waals surface area contributed by atoms with E-state index in [0.29, 0.717) is 4.31 Å². The molecule has 1 heterocycles. The highest BCUT2D eigenvalue weighted by molar-refractivity contribution is 7.90. The molecular formula is C6H7F3N2O2S. The van der Waals surface area contributed by atoms with Crippen molar-refractivity contribution in [3.8, 4) is 6.07 Å². The van der Waals surface area contributed by atoms with E-state index in [0.717, 1.165) is 0 Å². The first-order valence-corrected chi connectivity index (χ1v) is 5.16. The molecule has 0 unspecified atom stereocenters. The van der Waals surface area contributed by atoms with Crippen molar-refractivity contribution in [1.82, 2.24) is 4.31 Å². The summed E-state index contributed by atoms with van der Waals surface area (Å²) in [6, 6.07) is 1.78. The first-order valence-electron chi connectivity index (χ1n) is 3.72. The van der Waals surface area contributed by atoms with Gasteiger partial charge in [0, 0.05) is 19.5 Å². The maximum atomic E-state index is 11.9. The first-order chi connectivity index (χ1) is 6.29. The molecular weight excluding hydrogens is 221 g/mol. The van der Waals surface area contributed by atoms with E-state index >= 15 is 0 Å². The number of nitriles is 1. The van der Waals surface area contributed by atoms with E-state index in [2.05, 4.69) is 0 Å². The summed E-state index contributed by atoms with van der Waals surface area (Å²) in [5, 5.41) is 8.21. The van der Waals surface area contributed by atoms with Crippen LogP contribution >= 0.6 is 0 Å². The lowest BCUT2D eigenvalue weighted by Gasteiger charge is -2.36. The van der Waals surface area contributed by atoms with Crippen LogP contribution in [0.25, 0.3) is 0 Å². The maximum Gasteiger partial charge on any atom is 0.511 e. The lowest BCUT2D eigenvalue weighted by atomic mass is 10.0. The molecule has 4 nitrogen and oxygen atoms in total. The summed E-state index contributed by atoms with van der Waals surface area (Å²) in [5.41, 5.74) is -5.23. The monoisotopic (exact) mass is 228 g/mol. The van der Waals surface area contributed by atoms with Crippen LogP contribution in [0.3, 0.4) is 0 Å². The molecule has 14 heavy (non-hydrogen) atoms. The standard InChI is InChI=1S/C6H7F3N2O2S/c7-6(8,9)14(12,13)11-3-5(4-11)1-2-10/h5H,1,3-4H2. The Morgan fingerprint density at radius 1 is 1.43 bits per heavy atom. The van der Waals surface area contributed by atoms with Gasteiger partial charge in [-0.3, -0.25) is 0 Å². The summed E-state index contributed by atoms with van der Waals surface area (Å²) in [7, 11) is -5.17. The highest BCUT2D eigenvalue weighted by Crippen LogP contribution is 2.32. The van der Waals surface area contributed by atoms with Gasteiger partial charge in [0.25, 0.3) is 0 Å². The van der Waals surface area contributed by atoms with Crippen molar-refractivity contribution in [2.45, 2.75) is 11.9 Å². The van der Waals surface area contributed by atoms with Crippen molar-refractivity contribution >= 4 is 10.0 Å². The van der Waals surface area contributed by atoms with Crippen molar-refractivity contribution in [2.24, 2.45) is 5.92 Å². The summed E-state index contributed by atoms with van der Waals surface area (Å²) < 4.78 is 57.5. The zero-order valence-corrected chi connectivity index (χ0v) is 7.77. The Labute approximate surface area is 79.0 Å². The lowest BCUT2D eigenvalue weighted by Crippen LogP contribution is -2.53. The third-order valence-corrected chi connectivity index (χ3v) is 3.50. The van der Waals surface area contributed by atoms with E-state index in [-0.39, 0.29) is 25.4 Å². The van der Waals surface area contributed by atoms with Gasteiger partial charge in [-0.2, -0.15) is 22.7 Å². The highest BCUT2D eigenvalue weighted by atomic mass is 32.2. The molecule has 1 rings (SSSR count). The molecule has 0 spiro atoms. The smallest absolute Gasteiger partial charge is 0.203 e. The summed E-state index contributed by atoms with van der Waals surface area (Å²) in [6.45, 7) is -0.426. The van der Waals surface area contributed by atoms with Gasteiger partial charge in [-0.1, -0.05) is 0 Å². The second-order valence-electron chi connectivity index (χ2n) is 3.00. The molecule has 1 saturated heterocycles. The molecule has 0 aromatic heterocycles. The summed E-state index contributed by atoms with van der Waals surface area (Å²) in [5.74, 6) is -0.267. The minimum Gasteiger partial charge on any atom is -0.203 e. The van der Waals surface area contributed by atoms with E-state index < -0.39 is 15.5 Å². The second-order valence-corrected chi connectivity index (χ2v) is 4.93. The van der Waals surface area contributed by atoms with Crippen LogP contribution in [0.4, 0.5) is 13.2 Å². The Kier molecular flexibility index (Phi) is 2.74. The van der Waals surface area contributed by atoms with Gasteiger partial charge in [0.15, 0.2) is 0 Å². The fourth-order valence-corrected chi connectivity index (χ4v) is 2.23. The van der Waals surface area contributed by atoms with Crippen LogP contribution < -0.4 is 0 Å². The van der Waals surface area contributed by atoms with Gasteiger partial charge in [0.2, 0.25) is 0 Å². The molecule has 80 valence electrons. The molecule has 0 N–H and O–H groups in total. The number of rotatable bonds is 2. The molecule has 0 radical (unpaired) electrons. The van der Waals surface area contributed by atoms with E-state index in [1.165, 1.54) is 0 Å². The zero-order valence-electron chi connectivity index (χ0n) is 6.95. The molecule has 1 aliphatic rings. The van der Waals surface area contributed by atoms with E-state index in [1.807, 2.05) is 0 Å². The van der Waals surface area contributed by atoms with Gasteiger partial charge >= 0.3 is 15.5 Å². The number of hydrogen-bond donors (Lipinski definition) is 0. The molecule has 0 saturated carbocycles. The minimum atomic E-state index is -5.23. The Morgan fingerprint density at radius 3 is 2.29 bits per heavy atom. The second kappa shape index (κ2) is 3.40. The molecule has 0 amide bonds. The normalized spacial score (nSPS) is 20.1. The van der Waals surface area contributed by atoms with Crippen LogP contribution in [0.5, 0.6) is 0 Å². The van der Waals surface area contributed by atoms with Crippen molar-refractivity contribution in [2.75, 3.05) is 13.1 Å². The molecule has 0 aliphatic carbocycles. The fraction of sp³-hybridized carbons (Fsp3) is 0.833. The van der Waals surface area contributed by atoms with E-state index in [9.17, 15) is 21.6 Å². The van der Waals surface area contributed by atoms with Crippen LogP contribution in [0.15, 0.2) is 0 Å². The number of sulfonamides is 1. The van der Waals surface area contributed by atoms with Crippen molar-refractivity contribution in [3.63, 3.8) is 0 Å². The van der Waals surface area contributed by atoms with Crippen molar-refractivity contribution in [1.29, 1.82) is 5.26 Å². The topological polar surface area (TPSA) is 61.2 Å². The first kappa shape index (κ1) is 11.3. The molecule has 1 fully saturated rings. The lowest BCUT2D eigenvalue weighted by molar-refractivity contribution is -0.0521.